The molecule has 0 amide bonds. The maximum absolute atomic E-state index is 12.6. The molecule has 0 saturated heterocycles. The molecule has 2 rings (SSSR count). The first-order chi connectivity index (χ1) is 12.3. The van der Waals surface area contributed by atoms with Crippen LogP contribution in [0.3, 0.4) is 0 Å². The fourth-order valence-electron chi connectivity index (χ4n) is 6.06. The lowest BCUT2D eigenvalue weighted by Gasteiger charge is -2.46. The fourth-order valence-corrected chi connectivity index (χ4v) is 6.06. The molecule has 0 bridgehead atoms. The average Bonchev–Trinajstić information content (AvgIpc) is 2.68. The van der Waals surface area contributed by atoms with E-state index < -0.39 is 0 Å². The van der Waals surface area contributed by atoms with Crippen LogP contribution in [0, 0.1) is 23.2 Å². The van der Waals surface area contributed by atoms with Crippen molar-refractivity contribution in [1.82, 2.24) is 0 Å². The third-order valence-electron chi connectivity index (χ3n) is 7.60. The molecule has 0 aromatic carbocycles. The van der Waals surface area contributed by atoms with E-state index in [9.17, 15) is 4.79 Å². The lowest BCUT2D eigenvalue weighted by molar-refractivity contribution is -0.126. The van der Waals surface area contributed by atoms with Gasteiger partial charge in [-0.1, -0.05) is 84.5 Å². The van der Waals surface area contributed by atoms with Crippen molar-refractivity contribution < 1.29 is 4.79 Å². The van der Waals surface area contributed by atoms with Crippen molar-refractivity contribution in [1.29, 1.82) is 0 Å². The topological polar surface area (TPSA) is 17.1 Å². The number of carbonyl (C=O) groups excluding carboxylic acids is 1. The lowest BCUT2D eigenvalue weighted by Crippen LogP contribution is -2.42. The van der Waals surface area contributed by atoms with Crippen molar-refractivity contribution in [2.75, 3.05) is 0 Å². The van der Waals surface area contributed by atoms with Crippen LogP contribution >= 0.6 is 0 Å². The van der Waals surface area contributed by atoms with Crippen LogP contribution in [0.25, 0.3) is 0 Å². The monoisotopic (exact) mass is 348 g/mol. The Balaban J connectivity index is 2.09. The normalized spacial score (nSPS) is 22.0. The van der Waals surface area contributed by atoms with Gasteiger partial charge in [-0.05, 0) is 56.3 Å². The highest BCUT2D eigenvalue weighted by Gasteiger charge is 2.45. The van der Waals surface area contributed by atoms with E-state index in [1.54, 1.807) is 0 Å². The molecular formula is C24H44O. The van der Waals surface area contributed by atoms with Gasteiger partial charge in [-0.2, -0.15) is 0 Å². The van der Waals surface area contributed by atoms with Crippen LogP contribution < -0.4 is 0 Å². The number of aldehydes is 1. The van der Waals surface area contributed by atoms with Gasteiger partial charge in [-0.3, -0.25) is 0 Å². The first kappa shape index (κ1) is 21.0. The van der Waals surface area contributed by atoms with Crippen molar-refractivity contribution in [2.45, 2.75) is 123 Å². The third-order valence-corrected chi connectivity index (χ3v) is 7.60. The zero-order valence-electron chi connectivity index (χ0n) is 17.2. The summed E-state index contributed by atoms with van der Waals surface area (Å²) in [5.41, 5.74) is 0.0268. The van der Waals surface area contributed by atoms with Crippen LogP contribution in [-0.2, 0) is 4.79 Å². The summed E-state index contributed by atoms with van der Waals surface area (Å²) in [4.78, 5) is 12.6. The smallest absolute Gasteiger partial charge is 0.126 e. The SMILES string of the molecule is CCCCC(CCC)CCC(C=O)(C1CCCCC1)C1CCCCC1. The second kappa shape index (κ2) is 11.4. The minimum absolute atomic E-state index is 0.0268. The molecule has 1 nitrogen and oxygen atoms in total. The number of hydrogen-bond acceptors (Lipinski definition) is 1. The quantitative estimate of drug-likeness (QED) is 0.349. The van der Waals surface area contributed by atoms with Crippen molar-refractivity contribution in [3.8, 4) is 0 Å². The highest BCUT2D eigenvalue weighted by atomic mass is 16.1. The van der Waals surface area contributed by atoms with E-state index in [2.05, 4.69) is 13.8 Å². The summed E-state index contributed by atoms with van der Waals surface area (Å²) >= 11 is 0. The minimum Gasteiger partial charge on any atom is -0.303 e. The number of unbranched alkanes of at least 4 members (excludes halogenated alkanes) is 1. The molecular weight excluding hydrogens is 304 g/mol. The Bertz CT molecular complexity index is 331. The molecule has 146 valence electrons. The van der Waals surface area contributed by atoms with Crippen LogP contribution in [0.4, 0.5) is 0 Å². The molecule has 0 aromatic heterocycles. The molecule has 0 spiro atoms. The van der Waals surface area contributed by atoms with Crippen LogP contribution in [0.5, 0.6) is 0 Å². The van der Waals surface area contributed by atoms with E-state index in [0.717, 1.165) is 5.92 Å². The summed E-state index contributed by atoms with van der Waals surface area (Å²) in [6.07, 6.45) is 24.2. The molecule has 1 atom stereocenters. The van der Waals surface area contributed by atoms with E-state index in [1.165, 1.54) is 115 Å². The summed E-state index contributed by atoms with van der Waals surface area (Å²) in [6.45, 7) is 4.64. The minimum atomic E-state index is 0.0268. The zero-order valence-corrected chi connectivity index (χ0v) is 17.2. The summed E-state index contributed by atoms with van der Waals surface area (Å²) in [5, 5.41) is 0. The molecule has 0 radical (unpaired) electrons. The zero-order chi connectivity index (χ0) is 18.0. The second-order valence-electron chi connectivity index (χ2n) is 9.24. The maximum atomic E-state index is 12.6. The molecule has 0 heterocycles. The maximum Gasteiger partial charge on any atom is 0.126 e. The van der Waals surface area contributed by atoms with Crippen LogP contribution in [0.1, 0.15) is 123 Å². The fraction of sp³-hybridized carbons (Fsp3) is 0.958. The standard InChI is InChI=1S/C24H44O/c1-3-5-13-21(12-4-2)18-19-24(20-25,22-14-8-6-9-15-22)23-16-10-7-11-17-23/h20-23H,3-19H2,1-2H3. The van der Waals surface area contributed by atoms with Gasteiger partial charge in [0.05, 0.1) is 0 Å². The third kappa shape index (κ3) is 5.83. The molecule has 0 N–H and O–H groups in total. The van der Waals surface area contributed by atoms with E-state index in [4.69, 9.17) is 0 Å². The van der Waals surface area contributed by atoms with Gasteiger partial charge < -0.3 is 4.79 Å². The molecule has 1 heteroatoms. The predicted molar refractivity (Wildman–Crippen MR) is 109 cm³/mol. The molecule has 2 aliphatic carbocycles. The van der Waals surface area contributed by atoms with Gasteiger partial charge in [0, 0.05) is 5.41 Å². The van der Waals surface area contributed by atoms with Gasteiger partial charge >= 0.3 is 0 Å². The van der Waals surface area contributed by atoms with Crippen LogP contribution in [-0.4, -0.2) is 6.29 Å². The summed E-state index contributed by atoms with van der Waals surface area (Å²) in [7, 11) is 0. The molecule has 2 aliphatic rings. The number of hydrogen-bond donors (Lipinski definition) is 0. The Kier molecular flexibility index (Phi) is 9.56. The Morgan fingerprint density at radius 2 is 1.36 bits per heavy atom. The first-order valence-electron chi connectivity index (χ1n) is 11.7. The van der Waals surface area contributed by atoms with Gasteiger partial charge in [0.2, 0.25) is 0 Å². The van der Waals surface area contributed by atoms with Gasteiger partial charge in [-0.15, -0.1) is 0 Å². The Labute approximate surface area is 157 Å². The largest absolute Gasteiger partial charge is 0.303 e. The van der Waals surface area contributed by atoms with Crippen molar-refractivity contribution >= 4 is 6.29 Å². The molecule has 2 saturated carbocycles. The van der Waals surface area contributed by atoms with Gasteiger partial charge in [0.15, 0.2) is 0 Å². The Morgan fingerprint density at radius 3 is 1.80 bits per heavy atom. The molecule has 1 unspecified atom stereocenters. The lowest BCUT2D eigenvalue weighted by atomic mass is 9.57. The average molecular weight is 349 g/mol. The van der Waals surface area contributed by atoms with Crippen LogP contribution in [0.2, 0.25) is 0 Å². The molecule has 2 fully saturated rings. The summed E-state index contributed by atoms with van der Waals surface area (Å²) < 4.78 is 0. The molecule has 0 aromatic rings. The van der Waals surface area contributed by atoms with E-state index in [-0.39, 0.29) is 5.41 Å². The Hall–Kier alpha value is -0.330. The Morgan fingerprint density at radius 1 is 0.800 bits per heavy atom. The van der Waals surface area contributed by atoms with E-state index >= 15 is 0 Å². The van der Waals surface area contributed by atoms with Crippen molar-refractivity contribution in [3.05, 3.63) is 0 Å². The van der Waals surface area contributed by atoms with Gasteiger partial charge in [0.1, 0.15) is 6.29 Å². The van der Waals surface area contributed by atoms with Crippen LogP contribution in [0.15, 0.2) is 0 Å². The molecule has 25 heavy (non-hydrogen) atoms. The summed E-state index contributed by atoms with van der Waals surface area (Å²) in [5.74, 6) is 2.24. The highest BCUT2D eigenvalue weighted by molar-refractivity contribution is 5.61. The highest BCUT2D eigenvalue weighted by Crippen LogP contribution is 2.51. The number of rotatable bonds is 11. The summed E-state index contributed by atoms with van der Waals surface area (Å²) in [6, 6.07) is 0. The first-order valence-corrected chi connectivity index (χ1v) is 11.7. The van der Waals surface area contributed by atoms with E-state index in [1.807, 2.05) is 0 Å². The van der Waals surface area contributed by atoms with Crippen molar-refractivity contribution in [2.24, 2.45) is 23.2 Å². The predicted octanol–water partition coefficient (Wildman–Crippen LogP) is 7.72. The van der Waals surface area contributed by atoms with Gasteiger partial charge in [-0.25, -0.2) is 0 Å². The van der Waals surface area contributed by atoms with E-state index in [0.29, 0.717) is 11.8 Å². The molecule has 0 aliphatic heterocycles. The number of carbonyl (C=O) groups is 1. The van der Waals surface area contributed by atoms with Crippen molar-refractivity contribution in [3.63, 3.8) is 0 Å². The van der Waals surface area contributed by atoms with Gasteiger partial charge in [0.25, 0.3) is 0 Å². The second-order valence-corrected chi connectivity index (χ2v) is 9.24.